The first-order valence-electron chi connectivity index (χ1n) is 7.19. The van der Waals surface area contributed by atoms with E-state index in [-0.39, 0.29) is 5.84 Å². The van der Waals surface area contributed by atoms with Crippen molar-refractivity contribution in [3.8, 4) is 5.75 Å². The van der Waals surface area contributed by atoms with E-state index >= 15 is 0 Å². The second kappa shape index (κ2) is 6.62. The molecule has 118 valence electrons. The Kier molecular flexibility index (Phi) is 4.39. The first-order chi connectivity index (χ1) is 11.2. The maximum absolute atomic E-state index is 9.05. The fraction of sp³-hybridized carbons (Fsp3) is 0.118. The lowest BCUT2D eigenvalue weighted by atomic mass is 10.1. The highest BCUT2D eigenvalue weighted by Gasteiger charge is 2.14. The minimum Gasteiger partial charge on any atom is -0.490 e. The molecule has 4 N–H and O–H groups in total. The number of ether oxygens (including phenoxy) is 1. The van der Waals surface area contributed by atoms with Crippen LogP contribution in [0.25, 0.3) is 10.9 Å². The van der Waals surface area contributed by atoms with Gasteiger partial charge in [-0.2, -0.15) is 0 Å². The number of amidine groups is 1. The van der Waals surface area contributed by atoms with E-state index in [2.05, 4.69) is 0 Å². The quantitative estimate of drug-likeness (QED) is 0.287. The zero-order valence-corrected chi connectivity index (χ0v) is 13.1. The maximum Gasteiger partial charge on any atom is 0.313 e. The number of rotatable bonds is 5. The molecule has 3 aromatic rings. The normalized spacial score (nSPS) is 11.8. The van der Waals surface area contributed by atoms with Crippen LogP contribution in [0.15, 0.2) is 54.7 Å². The molecule has 0 bridgehead atoms. The third-order valence-corrected chi connectivity index (χ3v) is 3.94. The van der Waals surface area contributed by atoms with Crippen LogP contribution in [0.2, 0.25) is 5.02 Å². The molecule has 0 aliphatic rings. The molecular weight excluding hydrogens is 314 g/mol. The molecule has 0 spiro atoms. The number of nitrogens with two attached hydrogens (primary N) is 1. The lowest BCUT2D eigenvalue weighted by Gasteiger charge is -2.09. The summed E-state index contributed by atoms with van der Waals surface area (Å²) in [6.45, 7) is 1.10. The number of aromatic nitrogens is 1. The number of benzene rings is 2. The lowest BCUT2D eigenvalue weighted by molar-refractivity contribution is -0.737. The number of halogens is 1. The second-order valence-corrected chi connectivity index (χ2v) is 5.46. The molecule has 1 aromatic heterocycles. The van der Waals surface area contributed by atoms with Crippen molar-refractivity contribution in [2.45, 2.75) is 6.54 Å². The van der Waals surface area contributed by atoms with Gasteiger partial charge in [0.05, 0.1) is 17.1 Å². The van der Waals surface area contributed by atoms with Crippen molar-refractivity contribution in [3.63, 3.8) is 0 Å². The fourth-order valence-corrected chi connectivity index (χ4v) is 2.71. The fourth-order valence-electron chi connectivity index (χ4n) is 2.52. The molecule has 23 heavy (non-hydrogen) atoms. The Hall–Kier alpha value is -2.66. The van der Waals surface area contributed by atoms with Crippen LogP contribution in [0.1, 0.15) is 5.56 Å². The zero-order chi connectivity index (χ0) is 16.2. The molecule has 0 fully saturated rings. The average Bonchev–Trinajstić information content (AvgIpc) is 2.95. The summed E-state index contributed by atoms with van der Waals surface area (Å²) < 4.78 is 7.76. The van der Waals surface area contributed by atoms with Gasteiger partial charge in [0, 0.05) is 17.1 Å². The van der Waals surface area contributed by atoms with Crippen LogP contribution >= 0.6 is 11.6 Å². The summed E-state index contributed by atoms with van der Waals surface area (Å²) in [5.41, 5.74) is 7.57. The van der Waals surface area contributed by atoms with Crippen LogP contribution in [0.4, 0.5) is 0 Å². The van der Waals surface area contributed by atoms with Gasteiger partial charge < -0.3 is 14.5 Å². The molecule has 0 radical (unpaired) electrons. The zero-order valence-electron chi connectivity index (χ0n) is 12.4. The van der Waals surface area contributed by atoms with Crippen molar-refractivity contribution in [1.82, 2.24) is 4.57 Å². The van der Waals surface area contributed by atoms with Gasteiger partial charge in [-0.05, 0) is 18.2 Å². The molecule has 0 amide bonds. The molecule has 3 rings (SSSR count). The number of nitrogens with zero attached hydrogens (tertiary/aromatic N) is 1. The Morgan fingerprint density at radius 3 is 2.70 bits per heavy atom. The van der Waals surface area contributed by atoms with Crippen molar-refractivity contribution in [2.24, 2.45) is 5.73 Å². The average molecular weight is 331 g/mol. The molecule has 0 unspecified atom stereocenters. The summed E-state index contributed by atoms with van der Waals surface area (Å²) >= 11 is 6.08. The van der Waals surface area contributed by atoms with Crippen LogP contribution < -0.4 is 15.6 Å². The van der Waals surface area contributed by atoms with E-state index in [0.29, 0.717) is 23.9 Å². The Balaban J connectivity index is 1.82. The van der Waals surface area contributed by atoms with E-state index in [4.69, 9.17) is 27.3 Å². The van der Waals surface area contributed by atoms with Gasteiger partial charge in [0.15, 0.2) is 0 Å². The molecule has 0 atom stereocenters. The lowest BCUT2D eigenvalue weighted by Crippen LogP contribution is -2.71. The minimum atomic E-state index is 0.215. The maximum atomic E-state index is 9.05. The van der Waals surface area contributed by atoms with Crippen LogP contribution in [-0.4, -0.2) is 22.2 Å². The Morgan fingerprint density at radius 1 is 1.17 bits per heavy atom. The van der Waals surface area contributed by atoms with Crippen LogP contribution in [0.5, 0.6) is 5.75 Å². The monoisotopic (exact) mass is 330 g/mol. The largest absolute Gasteiger partial charge is 0.490 e. The number of fused-ring (bicyclic) bond motifs is 1. The van der Waals surface area contributed by atoms with Gasteiger partial charge in [-0.25, -0.2) is 0 Å². The van der Waals surface area contributed by atoms with E-state index in [9.17, 15) is 0 Å². The van der Waals surface area contributed by atoms with Gasteiger partial charge >= 0.3 is 5.84 Å². The Morgan fingerprint density at radius 2 is 1.91 bits per heavy atom. The summed E-state index contributed by atoms with van der Waals surface area (Å²) in [6, 6.07) is 15.2. The smallest absolute Gasteiger partial charge is 0.313 e. The molecule has 6 heteroatoms. The van der Waals surface area contributed by atoms with E-state index in [1.54, 1.807) is 6.07 Å². The van der Waals surface area contributed by atoms with Crippen molar-refractivity contribution < 1.29 is 15.1 Å². The van der Waals surface area contributed by atoms with Crippen molar-refractivity contribution >= 4 is 28.3 Å². The van der Waals surface area contributed by atoms with Crippen molar-refractivity contribution in [1.29, 1.82) is 0 Å². The molecule has 5 nitrogen and oxygen atoms in total. The number of hydrogen-bond donors (Lipinski definition) is 3. The van der Waals surface area contributed by atoms with E-state index in [0.717, 1.165) is 16.5 Å². The van der Waals surface area contributed by atoms with E-state index in [1.165, 1.54) is 0 Å². The third kappa shape index (κ3) is 3.10. The highest BCUT2D eigenvalue weighted by molar-refractivity contribution is 6.32. The number of hydrogen-bond acceptors (Lipinski definition) is 2. The molecule has 2 aromatic carbocycles. The number of nitrogens with one attached hydrogen (secondary N) is 1. The van der Waals surface area contributed by atoms with Crippen molar-refractivity contribution in [3.05, 3.63) is 65.3 Å². The van der Waals surface area contributed by atoms with Gasteiger partial charge in [0.25, 0.3) is 0 Å². The molecular formula is C17H17ClN3O2+. The number of para-hydroxylation sites is 2. The third-order valence-electron chi connectivity index (χ3n) is 3.63. The van der Waals surface area contributed by atoms with Crippen LogP contribution in [-0.2, 0) is 6.54 Å². The van der Waals surface area contributed by atoms with Gasteiger partial charge in [-0.15, -0.1) is 0 Å². The van der Waals surface area contributed by atoms with Gasteiger partial charge in [-0.1, -0.05) is 47.1 Å². The first kappa shape index (κ1) is 15.2. The summed E-state index contributed by atoms with van der Waals surface area (Å²) in [4.78, 5) is 0. The minimum absolute atomic E-state index is 0.215. The van der Waals surface area contributed by atoms with Crippen LogP contribution in [0.3, 0.4) is 0 Å². The van der Waals surface area contributed by atoms with Gasteiger partial charge in [0.2, 0.25) is 0 Å². The highest BCUT2D eigenvalue weighted by Crippen LogP contribution is 2.24. The first-order valence-corrected chi connectivity index (χ1v) is 7.56. The molecule has 0 saturated heterocycles. The van der Waals surface area contributed by atoms with E-state index in [1.807, 2.05) is 58.4 Å². The molecule has 0 saturated carbocycles. The molecule has 0 aliphatic heterocycles. The number of nitrogen functional groups attached to an aromatic ring is 1. The van der Waals surface area contributed by atoms with Crippen LogP contribution in [0, 0.1) is 0 Å². The Labute approximate surface area is 138 Å². The highest BCUT2D eigenvalue weighted by atomic mass is 35.5. The van der Waals surface area contributed by atoms with Gasteiger partial charge in [0.1, 0.15) is 12.4 Å². The van der Waals surface area contributed by atoms with E-state index < -0.39 is 0 Å². The predicted molar refractivity (Wildman–Crippen MR) is 89.9 cm³/mol. The Bertz CT molecular complexity index is 858. The standard InChI is InChI=1S/C17H16ClN3O2/c18-14-6-2-4-8-16(14)23-10-9-21-11-13(17(19)20-22)12-5-1-3-7-15(12)21/h1-8,11,22H,9-10H2,(H2,19,20)/p+1. The summed E-state index contributed by atoms with van der Waals surface area (Å²) in [5.74, 6) is 0.876. The summed E-state index contributed by atoms with van der Waals surface area (Å²) in [6.07, 6.45) is 1.89. The molecule has 0 aliphatic carbocycles. The second-order valence-electron chi connectivity index (χ2n) is 5.06. The summed E-state index contributed by atoms with van der Waals surface area (Å²) in [5, 5.41) is 12.6. The topological polar surface area (TPSA) is 74.4 Å². The SMILES string of the molecule is N/C(=[NH+]\O)c1cn(CCOc2ccccc2Cl)c2ccccc12. The summed E-state index contributed by atoms with van der Waals surface area (Å²) in [7, 11) is 0. The van der Waals surface area contributed by atoms with Crippen molar-refractivity contribution in [2.75, 3.05) is 6.61 Å². The predicted octanol–water partition coefficient (Wildman–Crippen LogP) is 1.55. The molecule has 1 heterocycles. The van der Waals surface area contributed by atoms with Gasteiger partial charge in [-0.3, -0.25) is 5.73 Å².